The first-order valence-electron chi connectivity index (χ1n) is 9.08. The van der Waals surface area contributed by atoms with Crippen molar-refractivity contribution in [2.75, 3.05) is 18.0 Å². The highest BCUT2D eigenvalue weighted by Gasteiger charge is 2.23. The van der Waals surface area contributed by atoms with Gasteiger partial charge in [0.15, 0.2) is 0 Å². The number of benzene rings is 1. The molecule has 0 fully saturated rings. The summed E-state index contributed by atoms with van der Waals surface area (Å²) >= 11 is 0. The Balaban J connectivity index is 1.61. The van der Waals surface area contributed by atoms with Gasteiger partial charge in [0.05, 0.1) is 12.6 Å². The van der Waals surface area contributed by atoms with E-state index >= 15 is 0 Å². The van der Waals surface area contributed by atoms with Crippen LogP contribution in [0.25, 0.3) is 10.9 Å². The molecule has 0 amide bonds. The molecule has 0 spiro atoms. The molecule has 3 heteroatoms. The van der Waals surface area contributed by atoms with E-state index in [1.807, 2.05) is 12.1 Å². The third-order valence-corrected chi connectivity index (χ3v) is 5.41. The lowest BCUT2D eigenvalue weighted by Crippen LogP contribution is -2.34. The van der Waals surface area contributed by atoms with Crippen molar-refractivity contribution in [3.8, 4) is 6.07 Å². The normalized spacial score (nSPS) is 20.7. The number of anilines is 1. The van der Waals surface area contributed by atoms with Gasteiger partial charge in [-0.05, 0) is 78.5 Å². The Morgan fingerprint density at radius 2 is 1.80 bits per heavy atom. The Hall–Kier alpha value is -2.78. The average molecular weight is 327 g/mol. The van der Waals surface area contributed by atoms with Gasteiger partial charge in [0.2, 0.25) is 0 Å². The van der Waals surface area contributed by atoms with Crippen LogP contribution in [-0.4, -0.2) is 13.1 Å². The summed E-state index contributed by atoms with van der Waals surface area (Å²) in [5.41, 5.74) is 8.12. The lowest BCUT2D eigenvalue weighted by atomic mass is 9.90. The molecule has 1 aromatic rings. The minimum Gasteiger partial charge on any atom is -0.371 e. The first-order chi connectivity index (χ1) is 12.3. The minimum absolute atomic E-state index is 0.238. The van der Waals surface area contributed by atoms with E-state index in [0.29, 0.717) is 0 Å². The molecular weight excluding hydrogens is 306 g/mol. The third kappa shape index (κ3) is 2.99. The first-order valence-corrected chi connectivity index (χ1v) is 9.08. The SMILES string of the molecule is [C-]#[N+]/C(C#N)=C1C=C(/C=C/c2cc3c4c(c2)CCCN4CCC3)CC/1. The molecule has 1 aliphatic carbocycles. The standard InChI is InChI=1S/C22H21N3/c1-24-21(15-23)18-9-8-16(12-18)6-7-17-13-19-4-2-10-25-11-3-5-20(14-17)22(19)25/h6-7,12-14H,2-5,8-11H2/b7-6+,21-18+. The maximum atomic E-state index is 9.00. The predicted molar refractivity (Wildman–Crippen MR) is 101 cm³/mol. The van der Waals surface area contributed by atoms with E-state index in [9.17, 15) is 0 Å². The van der Waals surface area contributed by atoms with Crippen molar-refractivity contribution >= 4 is 11.8 Å². The largest absolute Gasteiger partial charge is 0.371 e. The molecule has 0 radical (unpaired) electrons. The summed E-state index contributed by atoms with van der Waals surface area (Å²) in [6.07, 6.45) is 13.0. The molecule has 2 heterocycles. The Labute approximate surface area is 149 Å². The molecular formula is C22H21N3. The summed E-state index contributed by atoms with van der Waals surface area (Å²) < 4.78 is 0. The highest BCUT2D eigenvalue weighted by atomic mass is 15.1. The van der Waals surface area contributed by atoms with Crippen molar-refractivity contribution in [2.24, 2.45) is 0 Å². The van der Waals surface area contributed by atoms with Crippen molar-refractivity contribution < 1.29 is 0 Å². The van der Waals surface area contributed by atoms with E-state index in [0.717, 1.165) is 18.4 Å². The summed E-state index contributed by atoms with van der Waals surface area (Å²) in [4.78, 5) is 5.89. The van der Waals surface area contributed by atoms with Crippen LogP contribution in [0.4, 0.5) is 5.69 Å². The molecule has 0 bridgehead atoms. The van der Waals surface area contributed by atoms with E-state index in [1.165, 1.54) is 66.7 Å². The fourth-order valence-electron chi connectivity index (χ4n) is 4.26. The van der Waals surface area contributed by atoms with Gasteiger partial charge >= 0.3 is 0 Å². The van der Waals surface area contributed by atoms with Crippen molar-refractivity contribution in [1.29, 1.82) is 5.26 Å². The molecule has 0 atom stereocenters. The highest BCUT2D eigenvalue weighted by Crippen LogP contribution is 2.36. The molecule has 0 aromatic heterocycles. The van der Waals surface area contributed by atoms with Crippen molar-refractivity contribution in [2.45, 2.75) is 38.5 Å². The topological polar surface area (TPSA) is 31.4 Å². The second-order valence-electron chi connectivity index (χ2n) is 7.03. The van der Waals surface area contributed by atoms with Crippen molar-refractivity contribution in [3.63, 3.8) is 0 Å². The molecule has 1 aromatic carbocycles. The number of hydrogen-bond acceptors (Lipinski definition) is 2. The van der Waals surface area contributed by atoms with Crippen LogP contribution >= 0.6 is 0 Å². The van der Waals surface area contributed by atoms with Gasteiger partial charge in [0, 0.05) is 18.8 Å². The number of rotatable bonds is 2. The summed E-state index contributed by atoms with van der Waals surface area (Å²) in [6.45, 7) is 9.49. The fourth-order valence-corrected chi connectivity index (χ4v) is 4.26. The monoisotopic (exact) mass is 327 g/mol. The zero-order valence-corrected chi connectivity index (χ0v) is 14.4. The Kier molecular flexibility index (Phi) is 4.16. The molecule has 0 unspecified atom stereocenters. The highest BCUT2D eigenvalue weighted by molar-refractivity contribution is 5.68. The molecule has 3 nitrogen and oxygen atoms in total. The van der Waals surface area contributed by atoms with Crippen LogP contribution < -0.4 is 4.90 Å². The maximum absolute atomic E-state index is 9.00. The van der Waals surface area contributed by atoms with Crippen LogP contribution in [0.2, 0.25) is 0 Å². The van der Waals surface area contributed by atoms with Crippen LogP contribution in [0.1, 0.15) is 42.4 Å². The smallest absolute Gasteiger partial charge is 0.265 e. The van der Waals surface area contributed by atoms with Gasteiger partial charge in [-0.3, -0.25) is 0 Å². The lowest BCUT2D eigenvalue weighted by molar-refractivity contribution is 0.634. The van der Waals surface area contributed by atoms with Gasteiger partial charge in [0.25, 0.3) is 5.70 Å². The maximum Gasteiger partial charge on any atom is 0.265 e. The van der Waals surface area contributed by atoms with Gasteiger partial charge in [-0.25, -0.2) is 10.1 Å². The van der Waals surface area contributed by atoms with Crippen LogP contribution in [-0.2, 0) is 12.8 Å². The minimum atomic E-state index is 0.238. The zero-order valence-electron chi connectivity index (χ0n) is 14.4. The number of aryl methyl sites for hydroxylation is 2. The van der Waals surface area contributed by atoms with Crippen LogP contribution in [0.3, 0.4) is 0 Å². The summed E-state index contributed by atoms with van der Waals surface area (Å²) in [5, 5.41) is 9.00. The summed E-state index contributed by atoms with van der Waals surface area (Å²) in [5.74, 6) is 0. The summed E-state index contributed by atoms with van der Waals surface area (Å²) in [7, 11) is 0. The summed E-state index contributed by atoms with van der Waals surface area (Å²) in [6, 6.07) is 6.69. The zero-order chi connectivity index (χ0) is 17.2. The molecule has 0 N–H and O–H groups in total. The molecule has 124 valence electrons. The quantitative estimate of drug-likeness (QED) is 0.576. The van der Waals surface area contributed by atoms with E-state index in [1.54, 1.807) is 0 Å². The number of hydrogen-bond donors (Lipinski definition) is 0. The Morgan fingerprint density at radius 1 is 1.08 bits per heavy atom. The second-order valence-corrected chi connectivity index (χ2v) is 7.03. The second kappa shape index (κ2) is 6.61. The van der Waals surface area contributed by atoms with Crippen LogP contribution in [0, 0.1) is 17.9 Å². The van der Waals surface area contributed by atoms with E-state index in [4.69, 9.17) is 11.8 Å². The van der Waals surface area contributed by atoms with Crippen molar-refractivity contribution in [1.82, 2.24) is 0 Å². The van der Waals surface area contributed by atoms with Gasteiger partial charge in [0.1, 0.15) is 0 Å². The number of nitrogens with zero attached hydrogens (tertiary/aromatic N) is 3. The number of nitriles is 1. The van der Waals surface area contributed by atoms with Gasteiger partial charge in [-0.2, -0.15) is 0 Å². The molecule has 25 heavy (non-hydrogen) atoms. The van der Waals surface area contributed by atoms with E-state index in [-0.39, 0.29) is 5.70 Å². The fraction of sp³-hybridized carbons (Fsp3) is 0.364. The van der Waals surface area contributed by atoms with E-state index in [2.05, 4.69) is 34.0 Å². The molecule has 4 rings (SSSR count). The van der Waals surface area contributed by atoms with E-state index < -0.39 is 0 Å². The Bertz CT molecular complexity index is 840. The molecule has 0 saturated carbocycles. The number of allylic oxidation sites excluding steroid dienone is 5. The molecule has 2 aliphatic heterocycles. The van der Waals surface area contributed by atoms with Crippen LogP contribution in [0.5, 0.6) is 0 Å². The van der Waals surface area contributed by atoms with Gasteiger partial charge in [-0.1, -0.05) is 18.2 Å². The van der Waals surface area contributed by atoms with Gasteiger partial charge < -0.3 is 4.90 Å². The lowest BCUT2D eigenvalue weighted by Gasteiger charge is -2.37. The molecule has 3 aliphatic rings. The van der Waals surface area contributed by atoms with Gasteiger partial charge in [-0.15, -0.1) is 0 Å². The Morgan fingerprint density at radius 3 is 2.44 bits per heavy atom. The first kappa shape index (κ1) is 15.7. The third-order valence-electron chi connectivity index (χ3n) is 5.41. The average Bonchev–Trinajstić information content (AvgIpc) is 3.10. The predicted octanol–water partition coefficient (Wildman–Crippen LogP) is 4.82. The molecule has 0 saturated heterocycles. The van der Waals surface area contributed by atoms with Crippen LogP contribution in [0.15, 0.2) is 41.1 Å². The van der Waals surface area contributed by atoms with Crippen molar-refractivity contribution in [3.05, 3.63) is 69.2 Å².